The van der Waals surface area contributed by atoms with Crippen LogP contribution < -0.4 is 4.74 Å². The van der Waals surface area contributed by atoms with E-state index in [1.54, 1.807) is 18.2 Å². The van der Waals surface area contributed by atoms with Gasteiger partial charge >= 0.3 is 0 Å². The first kappa shape index (κ1) is 10.7. The molecule has 0 spiro atoms. The molecule has 0 fully saturated rings. The third-order valence-electron chi connectivity index (χ3n) is 1.47. The summed E-state index contributed by atoms with van der Waals surface area (Å²) in [5, 5.41) is 1.24. The Morgan fingerprint density at radius 3 is 2.62 bits per heavy atom. The lowest BCUT2D eigenvalue weighted by Gasteiger charge is -2.09. The predicted molar refractivity (Wildman–Crippen MR) is 56.8 cm³/mol. The van der Waals surface area contributed by atoms with Gasteiger partial charge in [0.1, 0.15) is 5.75 Å². The quantitative estimate of drug-likeness (QED) is 0.745. The first-order chi connectivity index (χ1) is 6.09. The second-order valence-corrected chi connectivity index (χ2v) is 4.12. The summed E-state index contributed by atoms with van der Waals surface area (Å²) in [4.78, 5) is 0. The highest BCUT2D eigenvalue weighted by atomic mass is 35.5. The van der Waals surface area contributed by atoms with E-state index in [9.17, 15) is 0 Å². The van der Waals surface area contributed by atoms with E-state index in [1.807, 2.05) is 0 Å². The van der Waals surface area contributed by atoms with Crippen molar-refractivity contribution >= 4 is 23.2 Å². The van der Waals surface area contributed by atoms with E-state index < -0.39 is 0 Å². The van der Waals surface area contributed by atoms with E-state index in [-0.39, 0.29) is 0 Å². The maximum Gasteiger partial charge on any atom is 0.139 e. The van der Waals surface area contributed by atoms with Crippen LogP contribution in [-0.2, 0) is 0 Å². The molecule has 0 amide bonds. The fourth-order valence-corrected chi connectivity index (χ4v) is 1.18. The average molecular weight is 219 g/mol. The number of hydrogen-bond donors (Lipinski definition) is 0. The van der Waals surface area contributed by atoms with Crippen molar-refractivity contribution in [3.8, 4) is 5.75 Å². The van der Waals surface area contributed by atoms with Gasteiger partial charge in [0.25, 0.3) is 0 Å². The first-order valence-electron chi connectivity index (χ1n) is 4.17. The van der Waals surface area contributed by atoms with Crippen LogP contribution in [0.25, 0.3) is 0 Å². The third kappa shape index (κ3) is 3.45. The highest BCUT2D eigenvalue weighted by Gasteiger charge is 2.03. The minimum absolute atomic E-state index is 0.482. The summed E-state index contributed by atoms with van der Waals surface area (Å²) in [5.41, 5.74) is 0. The summed E-state index contributed by atoms with van der Waals surface area (Å²) in [6.07, 6.45) is 0. The molecule has 72 valence electrons. The molecule has 0 aromatic heterocycles. The van der Waals surface area contributed by atoms with Gasteiger partial charge in [-0.1, -0.05) is 37.0 Å². The van der Waals surface area contributed by atoms with E-state index in [0.29, 0.717) is 28.3 Å². The molecular weight excluding hydrogens is 207 g/mol. The van der Waals surface area contributed by atoms with E-state index in [4.69, 9.17) is 27.9 Å². The fraction of sp³-hybridized carbons (Fsp3) is 0.400. The van der Waals surface area contributed by atoms with Gasteiger partial charge in [-0.3, -0.25) is 0 Å². The maximum atomic E-state index is 5.90. The van der Waals surface area contributed by atoms with Gasteiger partial charge in [0.2, 0.25) is 0 Å². The van der Waals surface area contributed by atoms with Crippen molar-refractivity contribution in [2.24, 2.45) is 5.92 Å². The Morgan fingerprint density at radius 2 is 2.00 bits per heavy atom. The van der Waals surface area contributed by atoms with Gasteiger partial charge in [-0.25, -0.2) is 0 Å². The first-order valence-corrected chi connectivity index (χ1v) is 4.93. The zero-order valence-electron chi connectivity index (χ0n) is 7.68. The molecule has 0 saturated carbocycles. The second-order valence-electron chi connectivity index (χ2n) is 3.28. The minimum Gasteiger partial charge on any atom is -0.492 e. The number of rotatable bonds is 3. The highest BCUT2D eigenvalue weighted by Crippen LogP contribution is 2.27. The molecule has 0 atom stereocenters. The lowest BCUT2D eigenvalue weighted by Crippen LogP contribution is -2.04. The molecule has 1 aromatic carbocycles. The Hall–Kier alpha value is -0.400. The van der Waals surface area contributed by atoms with E-state index in [2.05, 4.69) is 13.8 Å². The van der Waals surface area contributed by atoms with Crippen molar-refractivity contribution in [3.63, 3.8) is 0 Å². The molecule has 3 heteroatoms. The summed E-state index contributed by atoms with van der Waals surface area (Å²) in [6, 6.07) is 5.21. The lowest BCUT2D eigenvalue weighted by molar-refractivity contribution is 0.271. The van der Waals surface area contributed by atoms with E-state index >= 15 is 0 Å². The van der Waals surface area contributed by atoms with Crippen LogP contribution in [0.1, 0.15) is 13.8 Å². The average Bonchev–Trinajstić information content (AvgIpc) is 2.06. The van der Waals surface area contributed by atoms with Crippen LogP contribution in [0.4, 0.5) is 0 Å². The van der Waals surface area contributed by atoms with Crippen molar-refractivity contribution in [3.05, 3.63) is 28.2 Å². The standard InChI is InChI=1S/C10H12Cl2O/c1-7(2)6-13-10-5-8(11)3-4-9(10)12/h3-5,7H,6H2,1-2H3. The number of hydrogen-bond acceptors (Lipinski definition) is 1. The van der Waals surface area contributed by atoms with Crippen molar-refractivity contribution < 1.29 is 4.74 Å². The molecule has 1 aromatic rings. The van der Waals surface area contributed by atoms with Crippen molar-refractivity contribution in [1.82, 2.24) is 0 Å². The number of benzene rings is 1. The molecular formula is C10H12Cl2O. The molecule has 0 radical (unpaired) electrons. The number of ether oxygens (including phenoxy) is 1. The summed E-state index contributed by atoms with van der Waals surface area (Å²) in [5.74, 6) is 1.14. The lowest BCUT2D eigenvalue weighted by atomic mass is 10.2. The molecule has 0 unspecified atom stereocenters. The normalized spacial score (nSPS) is 10.5. The van der Waals surface area contributed by atoms with Crippen LogP contribution in [0.2, 0.25) is 10.0 Å². The molecule has 0 bridgehead atoms. The van der Waals surface area contributed by atoms with Gasteiger partial charge < -0.3 is 4.74 Å². The van der Waals surface area contributed by atoms with Gasteiger partial charge in [0.05, 0.1) is 11.6 Å². The number of halogens is 2. The largest absolute Gasteiger partial charge is 0.492 e. The Balaban J connectivity index is 2.70. The minimum atomic E-state index is 0.482. The molecule has 0 N–H and O–H groups in total. The van der Waals surface area contributed by atoms with Crippen LogP contribution in [-0.4, -0.2) is 6.61 Å². The van der Waals surface area contributed by atoms with E-state index in [1.165, 1.54) is 0 Å². The molecule has 1 nitrogen and oxygen atoms in total. The fourth-order valence-electron chi connectivity index (χ4n) is 0.844. The van der Waals surface area contributed by atoms with Crippen LogP contribution >= 0.6 is 23.2 Å². The zero-order chi connectivity index (χ0) is 9.84. The molecule has 0 aliphatic carbocycles. The van der Waals surface area contributed by atoms with Crippen molar-refractivity contribution in [1.29, 1.82) is 0 Å². The summed E-state index contributed by atoms with van der Waals surface area (Å²) < 4.78 is 5.46. The van der Waals surface area contributed by atoms with Gasteiger partial charge in [0.15, 0.2) is 0 Å². The summed E-state index contributed by atoms with van der Waals surface area (Å²) in [6.45, 7) is 4.82. The van der Waals surface area contributed by atoms with Crippen molar-refractivity contribution in [2.75, 3.05) is 6.61 Å². The van der Waals surface area contributed by atoms with Crippen LogP contribution in [0.3, 0.4) is 0 Å². The Morgan fingerprint density at radius 1 is 1.31 bits per heavy atom. The van der Waals surface area contributed by atoms with Gasteiger partial charge in [-0.15, -0.1) is 0 Å². The van der Waals surface area contributed by atoms with Crippen LogP contribution in [0.5, 0.6) is 5.75 Å². The molecule has 0 aliphatic rings. The SMILES string of the molecule is CC(C)COc1cc(Cl)ccc1Cl. The van der Waals surface area contributed by atoms with Gasteiger partial charge in [-0.2, -0.15) is 0 Å². The van der Waals surface area contributed by atoms with Gasteiger partial charge in [0, 0.05) is 11.1 Å². The molecule has 0 heterocycles. The molecule has 0 saturated heterocycles. The zero-order valence-corrected chi connectivity index (χ0v) is 9.19. The second kappa shape index (κ2) is 4.73. The molecule has 0 aliphatic heterocycles. The Labute approximate surface area is 88.6 Å². The highest BCUT2D eigenvalue weighted by molar-refractivity contribution is 6.34. The smallest absolute Gasteiger partial charge is 0.139 e. The maximum absolute atomic E-state index is 5.90. The molecule has 13 heavy (non-hydrogen) atoms. The Kier molecular flexibility index (Phi) is 3.89. The van der Waals surface area contributed by atoms with Gasteiger partial charge in [-0.05, 0) is 18.1 Å². The molecule has 1 rings (SSSR count). The third-order valence-corrected chi connectivity index (χ3v) is 2.01. The van der Waals surface area contributed by atoms with E-state index in [0.717, 1.165) is 0 Å². The van der Waals surface area contributed by atoms with Crippen LogP contribution in [0, 0.1) is 5.92 Å². The summed E-state index contributed by atoms with van der Waals surface area (Å²) in [7, 11) is 0. The topological polar surface area (TPSA) is 9.23 Å². The van der Waals surface area contributed by atoms with Crippen LogP contribution in [0.15, 0.2) is 18.2 Å². The monoisotopic (exact) mass is 218 g/mol. The predicted octanol–water partition coefficient (Wildman–Crippen LogP) is 4.03. The Bertz CT molecular complexity index is 284. The summed E-state index contributed by atoms with van der Waals surface area (Å²) >= 11 is 11.7. The van der Waals surface area contributed by atoms with Crippen molar-refractivity contribution in [2.45, 2.75) is 13.8 Å².